The molecule has 5 nitrogen and oxygen atoms in total. The molecule has 31 heavy (non-hydrogen) atoms. The van der Waals surface area contributed by atoms with E-state index < -0.39 is 6.10 Å². The van der Waals surface area contributed by atoms with Crippen LogP contribution in [0.1, 0.15) is 4.88 Å². The fourth-order valence-corrected chi connectivity index (χ4v) is 5.83. The second-order valence-electron chi connectivity index (χ2n) is 6.99. The van der Waals surface area contributed by atoms with Crippen molar-refractivity contribution in [2.24, 2.45) is 0 Å². The van der Waals surface area contributed by atoms with Crippen LogP contribution in [0.5, 0.6) is 11.5 Å². The largest absolute Gasteiger partial charge is 0.485 e. The average Bonchev–Trinajstić information content (AvgIpc) is 3.48. The monoisotopic (exact) mass is 468 g/mol. The van der Waals surface area contributed by atoms with Crippen LogP contribution in [0.3, 0.4) is 0 Å². The second-order valence-corrected chi connectivity index (χ2v) is 9.88. The predicted molar refractivity (Wildman–Crippen MR) is 128 cm³/mol. The minimum Gasteiger partial charge on any atom is -0.485 e. The van der Waals surface area contributed by atoms with Gasteiger partial charge in [0.25, 0.3) is 5.91 Å². The smallest absolute Gasteiger partial charge is 0.273 e. The highest BCUT2D eigenvalue weighted by atomic mass is 32.2. The molecular weight excluding hydrogens is 448 g/mol. The summed E-state index contributed by atoms with van der Waals surface area (Å²) in [4.78, 5) is 22.5. The van der Waals surface area contributed by atoms with Crippen molar-refractivity contribution in [1.29, 1.82) is 0 Å². The van der Waals surface area contributed by atoms with Crippen LogP contribution < -0.4 is 14.4 Å². The minimum absolute atomic E-state index is 0.129. The molecule has 1 amide bonds. The third kappa shape index (κ3) is 4.15. The number of aromatic nitrogens is 1. The van der Waals surface area contributed by atoms with E-state index in [9.17, 15) is 4.79 Å². The van der Waals surface area contributed by atoms with E-state index in [1.165, 1.54) is 16.2 Å². The summed E-state index contributed by atoms with van der Waals surface area (Å²) >= 11 is 4.89. The minimum atomic E-state index is -0.703. The molecule has 5 rings (SSSR count). The number of para-hydroxylation sites is 3. The highest BCUT2D eigenvalue weighted by Gasteiger charge is 2.33. The van der Waals surface area contributed by atoms with Crippen LogP contribution in [-0.4, -0.2) is 36.4 Å². The number of nitrogens with zero attached hydrogens (tertiary/aromatic N) is 2. The highest BCUT2D eigenvalue weighted by Crippen LogP contribution is 2.36. The molecule has 0 saturated heterocycles. The van der Waals surface area contributed by atoms with Crippen molar-refractivity contribution in [3.63, 3.8) is 0 Å². The molecule has 0 fully saturated rings. The Balaban J connectivity index is 1.46. The molecule has 0 N–H and O–H groups in total. The summed E-state index contributed by atoms with van der Waals surface area (Å²) in [6.07, 6.45) is 2.10. The summed E-state index contributed by atoms with van der Waals surface area (Å²) in [5, 5.41) is 2.75. The molecule has 1 atom stereocenters. The molecule has 1 aliphatic heterocycles. The maximum Gasteiger partial charge on any atom is 0.273 e. The van der Waals surface area contributed by atoms with Crippen molar-refractivity contribution in [3.05, 3.63) is 64.9 Å². The lowest BCUT2D eigenvalue weighted by atomic mass is 10.2. The lowest BCUT2D eigenvalue weighted by molar-refractivity contribution is -0.127. The Morgan fingerprint density at radius 3 is 2.84 bits per heavy atom. The van der Waals surface area contributed by atoms with Gasteiger partial charge in [-0.2, -0.15) is 0 Å². The molecule has 158 valence electrons. The van der Waals surface area contributed by atoms with Crippen molar-refractivity contribution >= 4 is 55.7 Å². The SMILES string of the molecule is CSc1cccc2sc(N(CCc3cccs3)C(=O)C3COc4ccccc4O3)nc12. The molecule has 0 radical (unpaired) electrons. The molecule has 2 aromatic heterocycles. The van der Waals surface area contributed by atoms with E-state index in [0.717, 1.165) is 21.5 Å². The van der Waals surface area contributed by atoms with Gasteiger partial charge in [0.2, 0.25) is 6.10 Å². The first kappa shape index (κ1) is 20.4. The fourth-order valence-electron chi connectivity index (χ4n) is 3.48. The number of carbonyl (C=O) groups is 1. The number of fused-ring (bicyclic) bond motifs is 2. The Hall–Kier alpha value is -2.55. The normalized spacial score (nSPS) is 15.2. The third-order valence-electron chi connectivity index (χ3n) is 5.03. The number of carbonyl (C=O) groups excluding carboxylic acids is 1. The number of hydrogen-bond acceptors (Lipinski definition) is 7. The summed E-state index contributed by atoms with van der Waals surface area (Å²) in [6, 6.07) is 17.7. The summed E-state index contributed by atoms with van der Waals surface area (Å²) in [5.74, 6) is 1.14. The zero-order valence-corrected chi connectivity index (χ0v) is 19.3. The number of thiazole rings is 1. The molecule has 8 heteroatoms. The molecule has 0 saturated carbocycles. The van der Waals surface area contributed by atoms with Crippen LogP contribution in [0.2, 0.25) is 0 Å². The maximum absolute atomic E-state index is 13.6. The van der Waals surface area contributed by atoms with Gasteiger partial charge in [-0.3, -0.25) is 9.69 Å². The molecule has 0 bridgehead atoms. The molecule has 3 heterocycles. The van der Waals surface area contributed by atoms with Crippen LogP contribution in [0, 0.1) is 0 Å². The molecule has 1 aliphatic rings. The third-order valence-corrected chi connectivity index (χ3v) is 7.78. The summed E-state index contributed by atoms with van der Waals surface area (Å²) in [5.41, 5.74) is 0.940. The van der Waals surface area contributed by atoms with Gasteiger partial charge in [0, 0.05) is 16.3 Å². The van der Waals surface area contributed by atoms with Gasteiger partial charge in [-0.1, -0.05) is 35.6 Å². The molecule has 4 aromatic rings. The van der Waals surface area contributed by atoms with Gasteiger partial charge < -0.3 is 9.47 Å². The van der Waals surface area contributed by atoms with Gasteiger partial charge in [-0.15, -0.1) is 23.1 Å². The van der Waals surface area contributed by atoms with Gasteiger partial charge in [0.05, 0.1) is 10.2 Å². The molecule has 1 unspecified atom stereocenters. The molecular formula is C23H20N2O3S3. The fraction of sp³-hybridized carbons (Fsp3) is 0.217. The van der Waals surface area contributed by atoms with Gasteiger partial charge in [-0.05, 0) is 48.4 Å². The van der Waals surface area contributed by atoms with E-state index in [1.807, 2.05) is 42.7 Å². The Morgan fingerprint density at radius 2 is 2.03 bits per heavy atom. The quantitative estimate of drug-likeness (QED) is 0.350. The van der Waals surface area contributed by atoms with E-state index in [4.69, 9.17) is 14.5 Å². The lowest BCUT2D eigenvalue weighted by Crippen LogP contribution is -2.47. The maximum atomic E-state index is 13.6. The first-order valence-electron chi connectivity index (χ1n) is 9.89. The van der Waals surface area contributed by atoms with Gasteiger partial charge in [0.15, 0.2) is 16.6 Å². The Kier molecular flexibility index (Phi) is 5.85. The summed E-state index contributed by atoms with van der Waals surface area (Å²) in [7, 11) is 0. The Morgan fingerprint density at radius 1 is 1.16 bits per heavy atom. The van der Waals surface area contributed by atoms with Crippen LogP contribution in [-0.2, 0) is 11.2 Å². The van der Waals surface area contributed by atoms with E-state index in [2.05, 4.69) is 23.6 Å². The average molecular weight is 469 g/mol. The summed E-state index contributed by atoms with van der Waals surface area (Å²) in [6.45, 7) is 0.724. The second kappa shape index (κ2) is 8.90. The van der Waals surface area contributed by atoms with E-state index in [0.29, 0.717) is 23.2 Å². The van der Waals surface area contributed by atoms with Gasteiger partial charge in [-0.25, -0.2) is 4.98 Å². The summed E-state index contributed by atoms with van der Waals surface area (Å²) < 4.78 is 12.9. The van der Waals surface area contributed by atoms with E-state index >= 15 is 0 Å². The zero-order valence-electron chi connectivity index (χ0n) is 16.8. The van der Waals surface area contributed by atoms with Crippen molar-refractivity contribution in [3.8, 4) is 11.5 Å². The number of anilines is 1. The molecule has 0 aliphatic carbocycles. The lowest BCUT2D eigenvalue weighted by Gasteiger charge is -2.29. The first-order chi connectivity index (χ1) is 15.2. The van der Waals surface area contributed by atoms with Gasteiger partial charge in [0.1, 0.15) is 6.61 Å². The topological polar surface area (TPSA) is 51.7 Å². The van der Waals surface area contributed by atoms with Crippen molar-refractivity contribution in [2.75, 3.05) is 24.3 Å². The Bertz CT molecular complexity index is 1210. The van der Waals surface area contributed by atoms with Crippen LogP contribution in [0.25, 0.3) is 10.2 Å². The number of amides is 1. The van der Waals surface area contributed by atoms with E-state index in [1.54, 1.807) is 28.0 Å². The van der Waals surface area contributed by atoms with Gasteiger partial charge >= 0.3 is 0 Å². The van der Waals surface area contributed by atoms with E-state index in [-0.39, 0.29) is 12.5 Å². The molecule has 2 aromatic carbocycles. The number of benzene rings is 2. The number of thioether (sulfide) groups is 1. The number of thiophene rings is 1. The van der Waals surface area contributed by atoms with Crippen molar-refractivity contribution in [2.45, 2.75) is 17.4 Å². The standard InChI is InChI=1S/C23H20N2O3S3/c1-29-19-9-4-10-20-21(19)24-23(31-20)25(12-11-15-6-5-13-30-15)22(26)18-14-27-16-7-2-3-8-17(16)28-18/h2-10,13,18H,11-12,14H2,1H3. The van der Waals surface area contributed by atoms with Crippen LogP contribution >= 0.6 is 34.4 Å². The first-order valence-corrected chi connectivity index (χ1v) is 12.8. The van der Waals surface area contributed by atoms with Crippen molar-refractivity contribution < 1.29 is 14.3 Å². The Labute approximate surface area is 192 Å². The van der Waals surface area contributed by atoms with Crippen molar-refractivity contribution in [1.82, 2.24) is 4.98 Å². The highest BCUT2D eigenvalue weighted by molar-refractivity contribution is 7.98. The molecule has 0 spiro atoms. The number of hydrogen-bond donors (Lipinski definition) is 0. The van der Waals surface area contributed by atoms with Crippen LogP contribution in [0.15, 0.2) is 64.9 Å². The van der Waals surface area contributed by atoms with Crippen LogP contribution in [0.4, 0.5) is 5.13 Å². The number of ether oxygens (including phenoxy) is 2. The number of rotatable bonds is 6. The predicted octanol–water partition coefficient (Wildman–Crippen LogP) is 5.50. The zero-order chi connectivity index (χ0) is 21.2.